The van der Waals surface area contributed by atoms with Crippen molar-refractivity contribution in [2.24, 2.45) is 21.1 Å². The molecule has 2 aromatic carbocycles. The van der Waals surface area contributed by atoms with Gasteiger partial charge in [0.25, 0.3) is 5.56 Å². The molecule has 0 fully saturated rings. The van der Waals surface area contributed by atoms with Crippen molar-refractivity contribution in [1.82, 2.24) is 20.3 Å². The Bertz CT molecular complexity index is 1590. The molecule has 0 aliphatic carbocycles. The van der Waals surface area contributed by atoms with E-state index in [0.717, 1.165) is 12.3 Å². The van der Waals surface area contributed by atoms with Crippen LogP contribution in [0.1, 0.15) is 20.8 Å². The molecular formula is C26H25FN8O3. The smallest absolute Gasteiger partial charge is 0.326 e. The lowest BCUT2D eigenvalue weighted by atomic mass is 9.95. The normalized spacial score (nSPS) is 12.3. The van der Waals surface area contributed by atoms with Gasteiger partial charge in [-0.1, -0.05) is 39.0 Å². The number of guanidine groups is 1. The van der Waals surface area contributed by atoms with Crippen LogP contribution in [0.3, 0.4) is 0 Å². The highest BCUT2D eigenvalue weighted by molar-refractivity contribution is 6.07. The molecule has 0 radical (unpaired) electrons. The molecule has 2 amide bonds. The fraction of sp³-hybridized carbons (Fsp3) is 0.154. The van der Waals surface area contributed by atoms with Gasteiger partial charge in [-0.25, -0.2) is 24.1 Å². The van der Waals surface area contributed by atoms with Crippen LogP contribution in [0, 0.1) is 11.2 Å². The third kappa shape index (κ3) is 6.55. The van der Waals surface area contributed by atoms with Gasteiger partial charge in [-0.05, 0) is 24.3 Å². The maximum Gasteiger partial charge on any atom is 0.326 e. The van der Waals surface area contributed by atoms with E-state index in [9.17, 15) is 14.0 Å². The predicted octanol–water partition coefficient (Wildman–Crippen LogP) is 4.46. The Balaban J connectivity index is 1.51. The summed E-state index contributed by atoms with van der Waals surface area (Å²) in [6, 6.07) is 13.5. The Kier molecular flexibility index (Phi) is 7.42. The van der Waals surface area contributed by atoms with Gasteiger partial charge in [0.1, 0.15) is 22.9 Å². The van der Waals surface area contributed by atoms with E-state index >= 15 is 0 Å². The van der Waals surface area contributed by atoms with E-state index in [2.05, 4.69) is 35.6 Å². The van der Waals surface area contributed by atoms with Crippen molar-refractivity contribution in [2.45, 2.75) is 20.8 Å². The molecular weight excluding hydrogens is 491 g/mol. The summed E-state index contributed by atoms with van der Waals surface area (Å²) < 4.78 is 20.6. The number of H-pyrrole nitrogens is 1. The third-order valence-corrected chi connectivity index (χ3v) is 5.07. The van der Waals surface area contributed by atoms with Gasteiger partial charge in [0.2, 0.25) is 5.96 Å². The third-order valence-electron chi connectivity index (χ3n) is 5.07. The molecule has 0 unspecified atom stereocenters. The lowest BCUT2D eigenvalue weighted by molar-refractivity contribution is 0.256. The Morgan fingerprint density at radius 2 is 1.87 bits per heavy atom. The number of hydrogen-bond donors (Lipinski definition) is 4. The standard InChI is InChI=1S/C26H25FN8O3/c1-26(2,3)23(28)34-24(31-15-7-5-4-6-8-15)35-25(37)32-18-10-9-16(13-17(18)27)38-19-11-12-29-22-21(19)30-14-20(36)33-22/h4-14H,1-3H3,(H,29,33,36)(H4,28,31,32,34,35,37). The zero-order chi connectivity index (χ0) is 27.3. The summed E-state index contributed by atoms with van der Waals surface area (Å²) in [6.45, 7) is 5.61. The number of pyridine rings is 1. The number of aromatic amines is 1. The number of halogens is 1. The molecule has 0 saturated heterocycles. The first-order valence-corrected chi connectivity index (χ1v) is 11.5. The van der Waals surface area contributed by atoms with Crippen molar-refractivity contribution >= 4 is 40.4 Å². The second kappa shape index (κ2) is 10.9. The van der Waals surface area contributed by atoms with E-state index in [1.54, 1.807) is 24.3 Å². The SMILES string of the molecule is CC(C)(C)/C(N)=N/C(=Nc1ccccc1)NC(=O)Nc1ccc(Oc2ccnc3[nH]c(=O)cnc23)cc1F. The minimum absolute atomic E-state index is 0.0587. The second-order valence-corrected chi connectivity index (χ2v) is 9.09. The van der Waals surface area contributed by atoms with Gasteiger partial charge in [0.05, 0.1) is 17.6 Å². The van der Waals surface area contributed by atoms with Crippen LogP contribution in [0.4, 0.5) is 20.6 Å². The first-order chi connectivity index (χ1) is 18.1. The van der Waals surface area contributed by atoms with Gasteiger partial charge in [-0.15, -0.1) is 0 Å². The number of anilines is 1. The summed E-state index contributed by atoms with van der Waals surface area (Å²) >= 11 is 0. The van der Waals surface area contributed by atoms with Crippen molar-refractivity contribution < 1.29 is 13.9 Å². The molecule has 2 aromatic heterocycles. The van der Waals surface area contributed by atoms with Crippen LogP contribution in [0.25, 0.3) is 11.2 Å². The van der Waals surface area contributed by atoms with E-state index < -0.39 is 22.8 Å². The number of para-hydroxylation sites is 1. The first-order valence-electron chi connectivity index (χ1n) is 11.5. The van der Waals surface area contributed by atoms with E-state index in [4.69, 9.17) is 10.5 Å². The van der Waals surface area contributed by atoms with E-state index in [0.29, 0.717) is 11.2 Å². The lowest BCUT2D eigenvalue weighted by Crippen LogP contribution is -2.37. The number of nitrogens with zero attached hydrogens (tertiary/aromatic N) is 4. The van der Waals surface area contributed by atoms with Crippen molar-refractivity contribution in [3.63, 3.8) is 0 Å². The van der Waals surface area contributed by atoms with Crippen molar-refractivity contribution in [3.05, 3.63) is 83.2 Å². The van der Waals surface area contributed by atoms with Crippen LogP contribution in [0.2, 0.25) is 0 Å². The molecule has 4 rings (SSSR count). The number of carbonyl (C=O) groups excluding carboxylic acids is 1. The Morgan fingerprint density at radius 1 is 1.11 bits per heavy atom. The Labute approximate surface area is 216 Å². The van der Waals surface area contributed by atoms with Crippen molar-refractivity contribution in [3.8, 4) is 11.5 Å². The molecule has 194 valence electrons. The summed E-state index contributed by atoms with van der Waals surface area (Å²) in [4.78, 5) is 43.4. The number of aliphatic imine (C=N–C) groups is 2. The molecule has 0 spiro atoms. The van der Waals surface area contributed by atoms with Crippen molar-refractivity contribution in [2.75, 3.05) is 5.32 Å². The molecule has 0 aliphatic rings. The van der Waals surface area contributed by atoms with Crippen LogP contribution in [-0.2, 0) is 0 Å². The molecule has 11 nitrogen and oxygen atoms in total. The van der Waals surface area contributed by atoms with Crippen LogP contribution < -0.4 is 26.7 Å². The molecule has 38 heavy (non-hydrogen) atoms. The zero-order valence-electron chi connectivity index (χ0n) is 20.8. The summed E-state index contributed by atoms with van der Waals surface area (Å²) in [5.74, 6) is -0.154. The molecule has 5 N–H and O–H groups in total. The minimum atomic E-state index is -0.772. The molecule has 4 aromatic rings. The minimum Gasteiger partial charge on any atom is -0.455 e. The summed E-state index contributed by atoms with van der Waals surface area (Å²) in [5.41, 5.74) is 6.16. The molecule has 0 saturated carbocycles. The molecule has 12 heteroatoms. The number of aromatic nitrogens is 3. The zero-order valence-corrected chi connectivity index (χ0v) is 20.8. The van der Waals surface area contributed by atoms with Gasteiger partial charge < -0.3 is 20.8 Å². The number of amidine groups is 1. The van der Waals surface area contributed by atoms with E-state index in [-0.39, 0.29) is 34.6 Å². The number of ether oxygens (including phenoxy) is 1. The molecule has 2 heterocycles. The quantitative estimate of drug-likeness (QED) is 0.231. The van der Waals surface area contributed by atoms with Crippen molar-refractivity contribution in [1.29, 1.82) is 0 Å². The monoisotopic (exact) mass is 516 g/mol. The van der Waals surface area contributed by atoms with Crippen LogP contribution in [0.15, 0.2) is 81.8 Å². The van der Waals surface area contributed by atoms with E-state index in [1.165, 1.54) is 24.4 Å². The molecule has 0 aliphatic heterocycles. The van der Waals surface area contributed by atoms with E-state index in [1.807, 2.05) is 26.8 Å². The molecule has 0 bridgehead atoms. The lowest BCUT2D eigenvalue weighted by Gasteiger charge is -2.18. The summed E-state index contributed by atoms with van der Waals surface area (Å²) in [6.07, 6.45) is 2.52. The highest BCUT2D eigenvalue weighted by Crippen LogP contribution is 2.28. The average molecular weight is 517 g/mol. The van der Waals surface area contributed by atoms with Crippen LogP contribution >= 0.6 is 0 Å². The fourth-order valence-electron chi connectivity index (χ4n) is 3.04. The van der Waals surface area contributed by atoms with Gasteiger partial charge in [-0.3, -0.25) is 10.1 Å². The summed E-state index contributed by atoms with van der Waals surface area (Å²) in [7, 11) is 0. The number of rotatable bonds is 4. The van der Waals surface area contributed by atoms with Gasteiger partial charge in [0, 0.05) is 23.7 Å². The largest absolute Gasteiger partial charge is 0.455 e. The number of nitrogens with two attached hydrogens (primary N) is 1. The highest BCUT2D eigenvalue weighted by Gasteiger charge is 2.18. The van der Waals surface area contributed by atoms with Crippen LogP contribution in [0.5, 0.6) is 11.5 Å². The maximum atomic E-state index is 14.9. The topological polar surface area (TPSA) is 160 Å². The number of hydrogen-bond acceptors (Lipinski definition) is 6. The number of carbonyl (C=O) groups is 1. The first kappa shape index (κ1) is 25.9. The van der Waals surface area contributed by atoms with Gasteiger partial charge in [0.15, 0.2) is 11.4 Å². The summed E-state index contributed by atoms with van der Waals surface area (Å²) in [5, 5.41) is 4.95. The predicted molar refractivity (Wildman–Crippen MR) is 143 cm³/mol. The number of fused-ring (bicyclic) bond motifs is 1. The van der Waals surface area contributed by atoms with Gasteiger partial charge >= 0.3 is 6.03 Å². The average Bonchev–Trinajstić information content (AvgIpc) is 2.85. The van der Waals surface area contributed by atoms with Gasteiger partial charge in [-0.2, -0.15) is 4.99 Å². The Hall–Kier alpha value is -5.13. The maximum absolute atomic E-state index is 14.9. The highest BCUT2D eigenvalue weighted by atomic mass is 19.1. The Morgan fingerprint density at radius 3 is 2.58 bits per heavy atom. The number of nitrogens with one attached hydrogen (secondary N) is 3. The number of urea groups is 1. The molecule has 0 atom stereocenters. The van der Waals surface area contributed by atoms with Crippen LogP contribution in [-0.4, -0.2) is 32.8 Å². The fourth-order valence-corrected chi connectivity index (χ4v) is 3.04. The second-order valence-electron chi connectivity index (χ2n) is 9.09. The number of amides is 2. The number of benzene rings is 2.